The van der Waals surface area contributed by atoms with Crippen LogP contribution in [0.4, 0.5) is 0 Å². The lowest BCUT2D eigenvalue weighted by atomic mass is 10.2. The first-order valence-electron chi connectivity index (χ1n) is 9.81. The predicted molar refractivity (Wildman–Crippen MR) is 127 cm³/mol. The van der Waals surface area contributed by atoms with Gasteiger partial charge in [-0.2, -0.15) is 5.10 Å². The molecule has 0 bridgehead atoms. The van der Waals surface area contributed by atoms with Crippen LogP contribution in [0.5, 0.6) is 5.75 Å². The Kier molecular flexibility index (Phi) is 6.62. The quantitative estimate of drug-likeness (QED) is 0.204. The first-order valence-corrected chi connectivity index (χ1v) is 10.8. The summed E-state index contributed by atoms with van der Waals surface area (Å²) in [6.07, 6.45) is 1.54. The van der Waals surface area contributed by atoms with Crippen LogP contribution in [-0.4, -0.2) is 34.5 Å². The highest BCUT2D eigenvalue weighted by Gasteiger charge is 2.14. The molecule has 1 amide bonds. The Hall–Kier alpha value is -3.91. The molecule has 4 aromatic rings. The Balaban J connectivity index is 1.53. The molecule has 3 aromatic carbocycles. The summed E-state index contributed by atoms with van der Waals surface area (Å²) in [7, 11) is 1.59. The van der Waals surface area contributed by atoms with Crippen LogP contribution in [0.3, 0.4) is 0 Å². The van der Waals surface area contributed by atoms with Crippen LogP contribution in [0.2, 0.25) is 0 Å². The molecule has 4 rings (SSSR count). The number of hydrazone groups is 1. The van der Waals surface area contributed by atoms with E-state index in [1.165, 1.54) is 16.3 Å². The lowest BCUT2D eigenvalue weighted by Gasteiger charge is -2.12. The maximum absolute atomic E-state index is 13.2. The summed E-state index contributed by atoms with van der Waals surface area (Å²) in [6, 6.07) is 23.7. The van der Waals surface area contributed by atoms with E-state index in [2.05, 4.69) is 15.5 Å². The van der Waals surface area contributed by atoms with Crippen LogP contribution in [0.1, 0.15) is 5.56 Å². The van der Waals surface area contributed by atoms with Crippen LogP contribution >= 0.6 is 11.8 Å². The molecule has 0 unspecified atom stereocenters. The predicted octanol–water partition coefficient (Wildman–Crippen LogP) is 3.64. The van der Waals surface area contributed by atoms with Crippen molar-refractivity contribution in [1.82, 2.24) is 15.0 Å². The van der Waals surface area contributed by atoms with Crippen molar-refractivity contribution < 1.29 is 9.53 Å². The average Bonchev–Trinajstić information content (AvgIpc) is 2.83. The smallest absolute Gasteiger partial charge is 0.266 e. The third-order valence-electron chi connectivity index (χ3n) is 4.59. The molecule has 0 fully saturated rings. The van der Waals surface area contributed by atoms with Crippen molar-refractivity contribution in [2.75, 3.05) is 12.9 Å². The molecule has 32 heavy (non-hydrogen) atoms. The third kappa shape index (κ3) is 4.87. The monoisotopic (exact) mass is 444 g/mol. The second-order valence-electron chi connectivity index (χ2n) is 6.75. The molecule has 8 heteroatoms. The van der Waals surface area contributed by atoms with Gasteiger partial charge in [0.15, 0.2) is 5.16 Å². The Morgan fingerprint density at radius 1 is 1.09 bits per heavy atom. The van der Waals surface area contributed by atoms with E-state index in [-0.39, 0.29) is 17.2 Å². The molecule has 160 valence electrons. The van der Waals surface area contributed by atoms with Gasteiger partial charge in [-0.05, 0) is 42.0 Å². The van der Waals surface area contributed by atoms with Gasteiger partial charge in [0.2, 0.25) is 0 Å². The maximum atomic E-state index is 13.2. The fourth-order valence-electron chi connectivity index (χ4n) is 3.08. The number of carbonyl (C=O) groups excluding carboxylic acids is 1. The number of thioether (sulfide) groups is 1. The summed E-state index contributed by atoms with van der Waals surface area (Å²) in [4.78, 5) is 30.1. The van der Waals surface area contributed by atoms with Crippen LogP contribution in [0.25, 0.3) is 16.6 Å². The second kappa shape index (κ2) is 9.93. The summed E-state index contributed by atoms with van der Waals surface area (Å²) in [5.74, 6) is 0.445. The van der Waals surface area contributed by atoms with E-state index in [4.69, 9.17) is 4.74 Å². The van der Waals surface area contributed by atoms with Crippen molar-refractivity contribution in [3.05, 3.63) is 94.8 Å². The van der Waals surface area contributed by atoms with Gasteiger partial charge < -0.3 is 4.74 Å². The SMILES string of the molecule is COc1cccc(/C=N\NC(=O)CSc2nc3ccccc3c(=O)n2-c2ccccc2)c1. The number of fused-ring (bicyclic) bond motifs is 1. The minimum Gasteiger partial charge on any atom is -0.497 e. The van der Waals surface area contributed by atoms with Crippen molar-refractivity contribution in [3.8, 4) is 11.4 Å². The minimum atomic E-state index is -0.309. The second-order valence-corrected chi connectivity index (χ2v) is 7.69. The Labute approximate surface area is 188 Å². The molecule has 0 atom stereocenters. The summed E-state index contributed by atoms with van der Waals surface area (Å²) in [5, 5.41) is 4.95. The Bertz CT molecular complexity index is 1340. The zero-order valence-electron chi connectivity index (χ0n) is 17.3. The number of carbonyl (C=O) groups is 1. The van der Waals surface area contributed by atoms with Crippen LogP contribution < -0.4 is 15.7 Å². The summed E-state index contributed by atoms with van der Waals surface area (Å²) in [6.45, 7) is 0. The number of benzene rings is 3. The van der Waals surface area contributed by atoms with Gasteiger partial charge in [0, 0.05) is 0 Å². The molecule has 7 nitrogen and oxygen atoms in total. The van der Waals surface area contributed by atoms with Crippen molar-refractivity contribution in [2.24, 2.45) is 5.10 Å². The summed E-state index contributed by atoms with van der Waals surface area (Å²) < 4.78 is 6.70. The largest absolute Gasteiger partial charge is 0.497 e. The first kappa shape index (κ1) is 21.3. The van der Waals surface area contributed by atoms with E-state index in [0.29, 0.717) is 27.5 Å². The molecule has 0 aliphatic heterocycles. The van der Waals surface area contributed by atoms with E-state index in [1.807, 2.05) is 60.7 Å². The van der Waals surface area contributed by atoms with Gasteiger partial charge in [-0.25, -0.2) is 10.4 Å². The molecule has 0 saturated carbocycles. The summed E-state index contributed by atoms with van der Waals surface area (Å²) >= 11 is 1.18. The zero-order valence-corrected chi connectivity index (χ0v) is 18.1. The Morgan fingerprint density at radius 2 is 1.88 bits per heavy atom. The number of nitrogens with one attached hydrogen (secondary N) is 1. The molecular weight excluding hydrogens is 424 g/mol. The summed E-state index contributed by atoms with van der Waals surface area (Å²) in [5.41, 5.74) is 4.40. The fraction of sp³-hybridized carbons (Fsp3) is 0.0833. The first-order chi connectivity index (χ1) is 15.7. The molecule has 1 heterocycles. The van der Waals surface area contributed by atoms with Gasteiger partial charge in [-0.15, -0.1) is 0 Å². The fourth-order valence-corrected chi connectivity index (χ4v) is 3.88. The van der Waals surface area contributed by atoms with Gasteiger partial charge >= 0.3 is 0 Å². The standard InChI is InChI=1S/C24H20N4O3S/c1-31-19-11-7-8-17(14-19)15-25-27-22(29)16-32-24-26-21-13-6-5-12-20(21)23(30)28(24)18-9-3-2-4-10-18/h2-15H,16H2,1H3,(H,27,29)/b25-15-. The van der Waals surface area contributed by atoms with Gasteiger partial charge in [0.1, 0.15) is 5.75 Å². The van der Waals surface area contributed by atoms with Gasteiger partial charge in [0.25, 0.3) is 11.5 Å². The number of aromatic nitrogens is 2. The molecule has 0 aliphatic rings. The third-order valence-corrected chi connectivity index (χ3v) is 5.53. The van der Waals surface area contributed by atoms with Crippen LogP contribution in [0, 0.1) is 0 Å². The lowest BCUT2D eigenvalue weighted by Crippen LogP contribution is -2.24. The van der Waals surface area contributed by atoms with E-state index in [9.17, 15) is 9.59 Å². The normalized spacial score (nSPS) is 11.0. The Morgan fingerprint density at radius 3 is 2.69 bits per heavy atom. The minimum absolute atomic E-state index is 0.0487. The number of methoxy groups -OCH3 is 1. The van der Waals surface area contributed by atoms with Crippen molar-refractivity contribution >= 4 is 34.8 Å². The van der Waals surface area contributed by atoms with E-state index in [0.717, 1.165) is 5.56 Å². The molecule has 0 aliphatic carbocycles. The molecule has 1 N–H and O–H groups in total. The molecule has 0 spiro atoms. The lowest BCUT2D eigenvalue weighted by molar-refractivity contribution is -0.118. The van der Waals surface area contributed by atoms with Gasteiger partial charge in [-0.3, -0.25) is 14.2 Å². The molecule has 0 radical (unpaired) electrons. The highest BCUT2D eigenvalue weighted by molar-refractivity contribution is 7.99. The van der Waals surface area contributed by atoms with Crippen LogP contribution in [-0.2, 0) is 4.79 Å². The molecule has 0 saturated heterocycles. The molecule has 1 aromatic heterocycles. The topological polar surface area (TPSA) is 85.6 Å². The number of amides is 1. The van der Waals surface area contributed by atoms with Gasteiger partial charge in [-0.1, -0.05) is 54.2 Å². The van der Waals surface area contributed by atoms with Crippen LogP contribution in [0.15, 0.2) is 93.9 Å². The number of ether oxygens (including phenoxy) is 1. The van der Waals surface area contributed by atoms with E-state index >= 15 is 0 Å². The highest BCUT2D eigenvalue weighted by atomic mass is 32.2. The number of rotatable bonds is 7. The zero-order chi connectivity index (χ0) is 22.3. The van der Waals surface area contributed by atoms with E-state index < -0.39 is 0 Å². The number of hydrogen-bond acceptors (Lipinski definition) is 6. The number of para-hydroxylation sites is 2. The number of hydrogen-bond donors (Lipinski definition) is 1. The van der Waals surface area contributed by atoms with Crippen molar-refractivity contribution in [3.63, 3.8) is 0 Å². The molecular formula is C24H20N4O3S. The van der Waals surface area contributed by atoms with E-state index in [1.54, 1.807) is 31.5 Å². The highest BCUT2D eigenvalue weighted by Crippen LogP contribution is 2.21. The number of nitrogens with zero attached hydrogens (tertiary/aromatic N) is 3. The van der Waals surface area contributed by atoms with Crippen molar-refractivity contribution in [2.45, 2.75) is 5.16 Å². The maximum Gasteiger partial charge on any atom is 0.266 e. The van der Waals surface area contributed by atoms with Crippen molar-refractivity contribution in [1.29, 1.82) is 0 Å². The average molecular weight is 445 g/mol. The van der Waals surface area contributed by atoms with Gasteiger partial charge in [0.05, 0.1) is 35.7 Å².